The Morgan fingerprint density at radius 2 is 1.82 bits per heavy atom. The fraction of sp³-hybridized carbons (Fsp3) is 0.469. The van der Waals surface area contributed by atoms with Crippen LogP contribution < -0.4 is 9.64 Å². The summed E-state index contributed by atoms with van der Waals surface area (Å²) in [6.07, 6.45) is 7.22. The van der Waals surface area contributed by atoms with Gasteiger partial charge in [0, 0.05) is 55.6 Å². The van der Waals surface area contributed by atoms with Gasteiger partial charge in [-0.25, -0.2) is 0 Å². The van der Waals surface area contributed by atoms with E-state index in [0.29, 0.717) is 18.7 Å². The van der Waals surface area contributed by atoms with Gasteiger partial charge in [0.15, 0.2) is 0 Å². The van der Waals surface area contributed by atoms with Gasteiger partial charge < -0.3 is 19.4 Å². The van der Waals surface area contributed by atoms with Gasteiger partial charge in [0.2, 0.25) is 5.91 Å². The maximum atomic E-state index is 12.2. The lowest BCUT2D eigenvalue weighted by atomic mass is 9.88. The lowest BCUT2D eigenvalue weighted by Gasteiger charge is -2.32. The molecule has 40 heavy (non-hydrogen) atoms. The predicted molar refractivity (Wildman–Crippen MR) is 161 cm³/mol. The molecule has 3 aliphatic heterocycles. The molecule has 3 aromatic rings. The van der Waals surface area contributed by atoms with E-state index < -0.39 is 0 Å². The summed E-state index contributed by atoms with van der Waals surface area (Å²) >= 11 is 6.70. The van der Waals surface area contributed by atoms with E-state index in [1.807, 2.05) is 17.0 Å². The van der Waals surface area contributed by atoms with Gasteiger partial charge in [-0.15, -0.1) is 0 Å². The van der Waals surface area contributed by atoms with Crippen molar-refractivity contribution in [2.24, 2.45) is 0 Å². The molecule has 1 amide bonds. The second kappa shape index (κ2) is 11.8. The van der Waals surface area contributed by atoms with Gasteiger partial charge in [-0.2, -0.15) is 9.97 Å². The van der Waals surface area contributed by atoms with Crippen LogP contribution in [-0.2, 0) is 17.6 Å². The Bertz CT molecular complexity index is 1400. The zero-order valence-electron chi connectivity index (χ0n) is 23.3. The second-order valence-corrected chi connectivity index (χ2v) is 11.7. The molecule has 1 unspecified atom stereocenters. The summed E-state index contributed by atoms with van der Waals surface area (Å²) in [6.45, 7) is 8.55. The number of carbonyl (C=O) groups excluding carboxylic acids is 1. The molecule has 2 aromatic carbocycles. The average molecular weight is 560 g/mol. The van der Waals surface area contributed by atoms with E-state index in [1.165, 1.54) is 23.7 Å². The van der Waals surface area contributed by atoms with Crippen molar-refractivity contribution in [1.29, 1.82) is 0 Å². The molecule has 210 valence electrons. The molecule has 0 radical (unpaired) electrons. The number of hydrogen-bond acceptors (Lipinski definition) is 6. The summed E-state index contributed by atoms with van der Waals surface area (Å²) in [5.41, 5.74) is 4.64. The number of aromatic nitrogens is 2. The van der Waals surface area contributed by atoms with Crippen LogP contribution in [0.5, 0.6) is 6.01 Å². The lowest BCUT2D eigenvalue weighted by Crippen LogP contribution is -2.37. The van der Waals surface area contributed by atoms with Crippen molar-refractivity contribution in [1.82, 2.24) is 19.8 Å². The van der Waals surface area contributed by atoms with Crippen molar-refractivity contribution in [3.05, 3.63) is 71.0 Å². The van der Waals surface area contributed by atoms with E-state index in [0.717, 1.165) is 92.0 Å². The Morgan fingerprint density at radius 3 is 2.58 bits per heavy atom. The quantitative estimate of drug-likeness (QED) is 0.384. The van der Waals surface area contributed by atoms with Gasteiger partial charge in [-0.1, -0.05) is 42.4 Å². The highest BCUT2D eigenvalue weighted by atomic mass is 35.5. The fourth-order valence-corrected chi connectivity index (χ4v) is 6.93. The number of fused-ring (bicyclic) bond motifs is 2. The minimum absolute atomic E-state index is 0.00839. The Balaban J connectivity index is 1.29. The van der Waals surface area contributed by atoms with Crippen LogP contribution in [0.4, 0.5) is 5.69 Å². The van der Waals surface area contributed by atoms with Crippen molar-refractivity contribution in [2.75, 3.05) is 51.3 Å². The third kappa shape index (κ3) is 5.41. The molecule has 8 heteroatoms. The molecule has 1 aromatic heterocycles. The SMILES string of the molecule is C=CC(=O)N1CCC(c2nc(OCC3CCCN3C)nc3c2CCN(c2cccc4cccc(Cl)c24)CC3)CC1. The molecule has 2 saturated heterocycles. The van der Waals surface area contributed by atoms with E-state index in [-0.39, 0.29) is 11.8 Å². The number of rotatable bonds is 6. The van der Waals surface area contributed by atoms with Crippen LogP contribution in [0.1, 0.15) is 48.6 Å². The number of nitrogens with zero attached hydrogens (tertiary/aromatic N) is 5. The lowest BCUT2D eigenvalue weighted by molar-refractivity contribution is -0.127. The number of piperidine rings is 1. The van der Waals surface area contributed by atoms with E-state index in [9.17, 15) is 4.79 Å². The number of hydrogen-bond donors (Lipinski definition) is 0. The normalized spacial score (nSPS) is 20.4. The highest BCUT2D eigenvalue weighted by molar-refractivity contribution is 6.36. The standard InChI is InChI=1S/C32H38ClN5O2/c1-3-29(39)38-17-12-23(13-18-38)31-25-14-19-37(28-11-5-8-22-7-4-10-26(33)30(22)28)20-15-27(25)34-32(35-31)40-21-24-9-6-16-36(24)2/h3-5,7-8,10-11,23-24H,1,6,9,12-21H2,2H3. The molecule has 0 saturated carbocycles. The van der Waals surface area contributed by atoms with Crippen molar-refractivity contribution >= 4 is 34.0 Å². The van der Waals surface area contributed by atoms with Crippen molar-refractivity contribution < 1.29 is 9.53 Å². The zero-order chi connectivity index (χ0) is 27.6. The first-order valence-corrected chi connectivity index (χ1v) is 15.0. The molecule has 0 bridgehead atoms. The van der Waals surface area contributed by atoms with Crippen LogP contribution in [0.25, 0.3) is 10.8 Å². The van der Waals surface area contributed by atoms with Gasteiger partial charge in [0.05, 0.1) is 16.4 Å². The first-order valence-electron chi connectivity index (χ1n) is 14.6. The summed E-state index contributed by atoms with van der Waals surface area (Å²) < 4.78 is 6.29. The number of amides is 1. The number of carbonyl (C=O) groups is 1. The predicted octanol–water partition coefficient (Wildman–Crippen LogP) is 5.25. The molecule has 1 atom stereocenters. The Morgan fingerprint density at radius 1 is 1.05 bits per heavy atom. The second-order valence-electron chi connectivity index (χ2n) is 11.3. The molecule has 7 nitrogen and oxygen atoms in total. The van der Waals surface area contributed by atoms with Crippen LogP contribution >= 0.6 is 11.6 Å². The van der Waals surface area contributed by atoms with Crippen LogP contribution in [0.2, 0.25) is 5.02 Å². The van der Waals surface area contributed by atoms with Gasteiger partial charge in [-0.3, -0.25) is 4.79 Å². The number of ether oxygens (including phenoxy) is 1. The molecule has 0 N–H and O–H groups in total. The number of likely N-dealkylation sites (tertiary alicyclic amines) is 2. The monoisotopic (exact) mass is 559 g/mol. The molecule has 6 rings (SSSR count). The van der Waals surface area contributed by atoms with E-state index in [4.69, 9.17) is 26.3 Å². The molecule has 4 heterocycles. The number of likely N-dealkylation sites (N-methyl/N-ethyl adjacent to an activating group) is 1. The molecule has 0 aliphatic carbocycles. The molecular weight excluding hydrogens is 522 g/mol. The van der Waals surface area contributed by atoms with Crippen molar-refractivity contribution in [3.8, 4) is 6.01 Å². The zero-order valence-corrected chi connectivity index (χ0v) is 24.1. The molecule has 3 aliphatic rings. The minimum atomic E-state index is 0.00839. The fourth-order valence-electron chi connectivity index (χ4n) is 6.65. The third-order valence-corrected chi connectivity index (χ3v) is 9.29. The summed E-state index contributed by atoms with van der Waals surface area (Å²) in [6, 6.07) is 13.4. The number of anilines is 1. The Kier molecular flexibility index (Phi) is 7.94. The maximum Gasteiger partial charge on any atom is 0.316 e. The van der Waals surface area contributed by atoms with Crippen LogP contribution in [0, 0.1) is 0 Å². The molecule has 0 spiro atoms. The highest BCUT2D eigenvalue weighted by Gasteiger charge is 2.30. The van der Waals surface area contributed by atoms with Crippen LogP contribution in [0.15, 0.2) is 49.1 Å². The summed E-state index contributed by atoms with van der Waals surface area (Å²) in [4.78, 5) is 29.0. The van der Waals surface area contributed by atoms with Gasteiger partial charge in [-0.05, 0) is 74.9 Å². The number of halogens is 1. The molecule has 2 fully saturated rings. The maximum absolute atomic E-state index is 12.2. The van der Waals surface area contributed by atoms with Crippen molar-refractivity contribution in [2.45, 2.75) is 50.5 Å². The van der Waals surface area contributed by atoms with E-state index in [2.05, 4.69) is 47.7 Å². The first kappa shape index (κ1) is 27.0. The first-order chi connectivity index (χ1) is 19.5. The summed E-state index contributed by atoms with van der Waals surface area (Å²) in [5.74, 6) is 0.287. The van der Waals surface area contributed by atoms with Gasteiger partial charge in [0.25, 0.3) is 0 Å². The molecular formula is C32H38ClN5O2. The minimum Gasteiger partial charge on any atom is -0.462 e. The average Bonchev–Trinajstić information content (AvgIpc) is 3.27. The largest absolute Gasteiger partial charge is 0.462 e. The van der Waals surface area contributed by atoms with Gasteiger partial charge in [0.1, 0.15) is 6.61 Å². The Labute approximate surface area is 241 Å². The van der Waals surface area contributed by atoms with Crippen LogP contribution in [-0.4, -0.2) is 78.1 Å². The van der Waals surface area contributed by atoms with Crippen molar-refractivity contribution in [3.63, 3.8) is 0 Å². The van der Waals surface area contributed by atoms with Gasteiger partial charge >= 0.3 is 6.01 Å². The Hall–Kier alpha value is -3.16. The van der Waals surface area contributed by atoms with E-state index in [1.54, 1.807) is 0 Å². The number of benzene rings is 2. The summed E-state index contributed by atoms with van der Waals surface area (Å²) in [5, 5.41) is 3.04. The summed E-state index contributed by atoms with van der Waals surface area (Å²) in [7, 11) is 2.16. The van der Waals surface area contributed by atoms with Crippen LogP contribution in [0.3, 0.4) is 0 Å². The van der Waals surface area contributed by atoms with E-state index >= 15 is 0 Å². The smallest absolute Gasteiger partial charge is 0.316 e. The topological polar surface area (TPSA) is 61.8 Å². The highest BCUT2D eigenvalue weighted by Crippen LogP contribution is 2.36. The third-order valence-electron chi connectivity index (χ3n) is 8.97.